The van der Waals surface area contributed by atoms with Crippen molar-refractivity contribution >= 4 is 21.4 Å². The van der Waals surface area contributed by atoms with E-state index in [-0.39, 0.29) is 0 Å². The molecule has 1 aromatic rings. The van der Waals surface area contributed by atoms with Gasteiger partial charge in [-0.05, 0) is 52.7 Å². The fourth-order valence-electron chi connectivity index (χ4n) is 2.36. The highest BCUT2D eigenvalue weighted by Crippen LogP contribution is 2.28. The molecule has 0 aromatic carbocycles. The van der Waals surface area contributed by atoms with Gasteiger partial charge in [-0.2, -0.15) is 4.31 Å². The summed E-state index contributed by atoms with van der Waals surface area (Å²) in [4.78, 5) is 3.21. The smallest absolute Gasteiger partial charge is 0.252 e. The predicted octanol–water partition coefficient (Wildman–Crippen LogP) is 0.835. The molecule has 5 nitrogen and oxygen atoms in total. The highest BCUT2D eigenvalue weighted by molar-refractivity contribution is 7.91. The Morgan fingerprint density at radius 2 is 2.20 bits per heavy atom. The van der Waals surface area contributed by atoms with Gasteiger partial charge in [-0.25, -0.2) is 8.42 Å². The molecule has 114 valence electrons. The summed E-state index contributed by atoms with van der Waals surface area (Å²) < 4.78 is 27.3. The van der Waals surface area contributed by atoms with Crippen molar-refractivity contribution in [3.05, 3.63) is 17.0 Å². The average Bonchev–Trinajstić information content (AvgIpc) is 3.05. The minimum atomic E-state index is -3.30. The van der Waals surface area contributed by atoms with E-state index in [1.54, 1.807) is 10.4 Å². The summed E-state index contributed by atoms with van der Waals surface area (Å²) in [7, 11) is 2.60. The zero-order chi connectivity index (χ0) is 14.8. The quantitative estimate of drug-likeness (QED) is 0.844. The van der Waals surface area contributed by atoms with E-state index in [0.717, 1.165) is 24.3 Å². The molecule has 0 bridgehead atoms. The van der Waals surface area contributed by atoms with Crippen LogP contribution in [0.15, 0.2) is 16.3 Å². The second-order valence-electron chi connectivity index (χ2n) is 5.34. The van der Waals surface area contributed by atoms with Crippen molar-refractivity contribution in [1.29, 1.82) is 0 Å². The predicted molar refractivity (Wildman–Crippen MR) is 82.8 cm³/mol. The second kappa shape index (κ2) is 6.53. The zero-order valence-corrected chi connectivity index (χ0v) is 13.9. The molecule has 0 spiro atoms. The monoisotopic (exact) mass is 317 g/mol. The molecule has 0 amide bonds. The van der Waals surface area contributed by atoms with Gasteiger partial charge in [0.1, 0.15) is 4.21 Å². The number of nitrogens with zero attached hydrogens (tertiary/aromatic N) is 2. The molecule has 1 unspecified atom stereocenters. The number of thiophene rings is 1. The van der Waals surface area contributed by atoms with E-state index < -0.39 is 10.0 Å². The Kier molecular flexibility index (Phi) is 5.19. The first-order valence-electron chi connectivity index (χ1n) is 6.85. The van der Waals surface area contributed by atoms with Gasteiger partial charge in [-0.15, -0.1) is 11.3 Å². The van der Waals surface area contributed by atoms with Gasteiger partial charge in [-0.1, -0.05) is 0 Å². The van der Waals surface area contributed by atoms with E-state index in [1.165, 1.54) is 11.3 Å². The van der Waals surface area contributed by atoms with Crippen molar-refractivity contribution in [3.63, 3.8) is 0 Å². The van der Waals surface area contributed by atoms with Crippen LogP contribution in [-0.4, -0.2) is 64.4 Å². The number of sulfonamides is 1. The van der Waals surface area contributed by atoms with Gasteiger partial charge < -0.3 is 10.2 Å². The van der Waals surface area contributed by atoms with Crippen LogP contribution in [0.25, 0.3) is 0 Å². The van der Waals surface area contributed by atoms with E-state index in [0.29, 0.717) is 23.3 Å². The lowest BCUT2D eigenvalue weighted by atomic mass is 10.2. The Morgan fingerprint density at radius 3 is 2.80 bits per heavy atom. The molecule has 1 aromatic heterocycles. The first kappa shape index (κ1) is 15.9. The van der Waals surface area contributed by atoms with Crippen LogP contribution in [0.1, 0.15) is 11.3 Å². The third-order valence-electron chi connectivity index (χ3n) is 3.71. The van der Waals surface area contributed by atoms with Gasteiger partial charge in [0.05, 0.1) is 0 Å². The molecule has 2 heterocycles. The third kappa shape index (κ3) is 3.40. The lowest BCUT2D eigenvalue weighted by molar-refractivity contribution is 0.302. The maximum Gasteiger partial charge on any atom is 0.252 e. The molecule has 1 aliphatic rings. The summed E-state index contributed by atoms with van der Waals surface area (Å²) in [6.45, 7) is 2.08. The van der Waals surface area contributed by atoms with E-state index in [2.05, 4.69) is 10.2 Å². The van der Waals surface area contributed by atoms with Gasteiger partial charge in [0.2, 0.25) is 0 Å². The highest BCUT2D eigenvalue weighted by atomic mass is 32.2. The third-order valence-corrected chi connectivity index (χ3v) is 7.19. The SMILES string of the molecule is CNCCc1ccc(S(=O)(=O)N2CCC(N(C)C)C2)s1. The molecule has 1 N–H and O–H groups in total. The molecule has 1 saturated heterocycles. The van der Waals surface area contributed by atoms with Crippen LogP contribution < -0.4 is 5.32 Å². The molecule has 20 heavy (non-hydrogen) atoms. The molecule has 1 aliphatic heterocycles. The van der Waals surface area contributed by atoms with Crippen molar-refractivity contribution in [1.82, 2.24) is 14.5 Å². The molecule has 0 radical (unpaired) electrons. The summed E-state index contributed by atoms with van der Waals surface area (Å²) >= 11 is 1.39. The van der Waals surface area contributed by atoms with E-state index in [1.807, 2.05) is 27.2 Å². The molecule has 1 atom stereocenters. The van der Waals surface area contributed by atoms with Gasteiger partial charge in [0.25, 0.3) is 10.0 Å². The summed E-state index contributed by atoms with van der Waals surface area (Å²) in [5.74, 6) is 0. The van der Waals surface area contributed by atoms with Crippen molar-refractivity contribution in [3.8, 4) is 0 Å². The molecular formula is C13H23N3O2S2. The number of nitrogens with one attached hydrogen (secondary N) is 1. The van der Waals surface area contributed by atoms with Crippen LogP contribution in [0.5, 0.6) is 0 Å². The van der Waals surface area contributed by atoms with Crippen LogP contribution in [0.3, 0.4) is 0 Å². The molecular weight excluding hydrogens is 294 g/mol. The fourth-order valence-corrected chi connectivity index (χ4v) is 5.36. The minimum Gasteiger partial charge on any atom is -0.319 e. The summed E-state index contributed by atoms with van der Waals surface area (Å²) in [6.07, 6.45) is 1.78. The van der Waals surface area contributed by atoms with Crippen LogP contribution in [0.2, 0.25) is 0 Å². The summed E-state index contributed by atoms with van der Waals surface area (Å²) in [5.41, 5.74) is 0. The normalized spacial score (nSPS) is 20.9. The fraction of sp³-hybridized carbons (Fsp3) is 0.692. The minimum absolute atomic E-state index is 0.327. The molecule has 0 saturated carbocycles. The van der Waals surface area contributed by atoms with Crippen LogP contribution in [0.4, 0.5) is 0 Å². The Bertz CT molecular complexity index is 540. The largest absolute Gasteiger partial charge is 0.319 e. The average molecular weight is 317 g/mol. The van der Waals surface area contributed by atoms with Crippen molar-refractivity contribution in [2.45, 2.75) is 23.1 Å². The maximum atomic E-state index is 12.6. The lowest BCUT2D eigenvalue weighted by Crippen LogP contribution is -2.34. The van der Waals surface area contributed by atoms with Gasteiger partial charge in [0, 0.05) is 24.0 Å². The topological polar surface area (TPSA) is 52.7 Å². The van der Waals surface area contributed by atoms with Gasteiger partial charge >= 0.3 is 0 Å². The first-order chi connectivity index (χ1) is 9.45. The molecule has 7 heteroatoms. The summed E-state index contributed by atoms with van der Waals surface area (Å²) in [6, 6.07) is 4.00. The van der Waals surface area contributed by atoms with Crippen LogP contribution >= 0.6 is 11.3 Å². The Morgan fingerprint density at radius 1 is 1.45 bits per heavy atom. The Hall–Kier alpha value is -0.470. The van der Waals surface area contributed by atoms with Crippen LogP contribution in [0, 0.1) is 0 Å². The van der Waals surface area contributed by atoms with Crippen molar-refractivity contribution < 1.29 is 8.42 Å². The van der Waals surface area contributed by atoms with E-state index >= 15 is 0 Å². The van der Waals surface area contributed by atoms with Crippen molar-refractivity contribution in [2.24, 2.45) is 0 Å². The first-order valence-corrected chi connectivity index (χ1v) is 9.10. The lowest BCUT2D eigenvalue weighted by Gasteiger charge is -2.19. The standard InChI is InChI=1S/C13H23N3O2S2/c1-14-8-6-12-4-5-13(19-12)20(17,18)16-9-7-11(10-16)15(2)3/h4-5,11,14H,6-10H2,1-3H3. The number of hydrogen-bond acceptors (Lipinski definition) is 5. The Balaban J connectivity index is 2.09. The van der Waals surface area contributed by atoms with Crippen molar-refractivity contribution in [2.75, 3.05) is 40.8 Å². The summed E-state index contributed by atoms with van der Waals surface area (Å²) in [5, 5.41) is 3.08. The molecule has 2 rings (SSSR count). The molecule has 0 aliphatic carbocycles. The number of rotatable bonds is 6. The maximum absolute atomic E-state index is 12.6. The van der Waals surface area contributed by atoms with E-state index in [9.17, 15) is 8.42 Å². The van der Waals surface area contributed by atoms with E-state index in [4.69, 9.17) is 0 Å². The van der Waals surface area contributed by atoms with Gasteiger partial charge in [0.15, 0.2) is 0 Å². The number of likely N-dealkylation sites (N-methyl/N-ethyl adjacent to an activating group) is 2. The molecule has 1 fully saturated rings. The highest BCUT2D eigenvalue weighted by Gasteiger charge is 2.34. The number of hydrogen-bond donors (Lipinski definition) is 1. The Labute approximate surface area is 125 Å². The van der Waals surface area contributed by atoms with Crippen LogP contribution in [-0.2, 0) is 16.4 Å². The second-order valence-corrected chi connectivity index (χ2v) is 8.68. The zero-order valence-electron chi connectivity index (χ0n) is 12.3. The van der Waals surface area contributed by atoms with Gasteiger partial charge in [-0.3, -0.25) is 0 Å².